The number of rotatable bonds is 10. The molecule has 2 amide bonds. The van der Waals surface area contributed by atoms with Crippen LogP contribution in [0, 0.1) is 6.92 Å². The Bertz CT molecular complexity index is 1810. The first-order valence-electron chi connectivity index (χ1n) is 15.9. The molecule has 0 spiro atoms. The van der Waals surface area contributed by atoms with Crippen LogP contribution in [0.5, 0.6) is 0 Å². The molecule has 1 saturated heterocycles. The molecule has 3 heterocycles. The standard InChI is InChI=1S/C36H40N6O2S/c1-4-29(27-14-6-5-7-15-27)35(44)41-21-20-40(23-26(41)3)32(43)19-12-22-45-36-37-34-33(38-39-36)30-17-10-11-18-31(30)42(34)24-28-16-9-8-13-25(28)2/h5-11,13-18,26,29H,4,12,19-24H2,1-3H3. The maximum atomic E-state index is 13.4. The molecule has 9 heteroatoms. The van der Waals surface area contributed by atoms with E-state index in [1.807, 2.05) is 59.2 Å². The van der Waals surface area contributed by atoms with E-state index in [4.69, 9.17) is 4.98 Å². The number of benzene rings is 3. The van der Waals surface area contributed by atoms with Crippen molar-refractivity contribution >= 4 is 45.6 Å². The summed E-state index contributed by atoms with van der Waals surface area (Å²) in [6.45, 7) is 8.65. The van der Waals surface area contributed by atoms with Gasteiger partial charge in [-0.25, -0.2) is 4.98 Å². The van der Waals surface area contributed by atoms with Crippen molar-refractivity contribution in [1.82, 2.24) is 29.5 Å². The normalized spacial score (nSPS) is 15.9. The lowest BCUT2D eigenvalue weighted by Crippen LogP contribution is -2.56. The maximum absolute atomic E-state index is 13.4. The highest BCUT2D eigenvalue weighted by Gasteiger charge is 2.33. The number of fused-ring (bicyclic) bond motifs is 3. The molecule has 8 nitrogen and oxygen atoms in total. The van der Waals surface area contributed by atoms with Crippen molar-refractivity contribution in [2.45, 2.75) is 63.7 Å². The van der Waals surface area contributed by atoms with Crippen LogP contribution in [0.25, 0.3) is 22.1 Å². The number of piperazine rings is 1. The molecule has 45 heavy (non-hydrogen) atoms. The van der Waals surface area contributed by atoms with Gasteiger partial charge in [0.05, 0.1) is 11.4 Å². The molecule has 3 aromatic carbocycles. The summed E-state index contributed by atoms with van der Waals surface area (Å²) in [5, 5.41) is 10.7. The van der Waals surface area contributed by atoms with E-state index in [0.29, 0.717) is 37.8 Å². The number of hydrogen-bond acceptors (Lipinski definition) is 6. The highest BCUT2D eigenvalue weighted by atomic mass is 32.2. The molecular weight excluding hydrogens is 581 g/mol. The molecule has 2 atom stereocenters. The SMILES string of the molecule is CCC(C(=O)N1CCN(C(=O)CCCSc2nnc3c4ccccc4n(Cc4ccccc4C)c3n2)CC1C)c1ccccc1. The number of hydrogen-bond donors (Lipinski definition) is 0. The van der Waals surface area contributed by atoms with Crippen molar-refractivity contribution in [3.8, 4) is 0 Å². The van der Waals surface area contributed by atoms with Gasteiger partial charge < -0.3 is 14.4 Å². The first-order valence-corrected chi connectivity index (χ1v) is 16.8. The minimum absolute atomic E-state index is 0.0139. The Kier molecular flexibility index (Phi) is 9.45. The summed E-state index contributed by atoms with van der Waals surface area (Å²) in [5.41, 5.74) is 6.26. The zero-order valence-corrected chi connectivity index (χ0v) is 27.0. The fourth-order valence-corrected chi connectivity index (χ4v) is 7.08. The molecule has 2 unspecified atom stereocenters. The van der Waals surface area contributed by atoms with Crippen molar-refractivity contribution in [2.24, 2.45) is 0 Å². The maximum Gasteiger partial charge on any atom is 0.230 e. The lowest BCUT2D eigenvalue weighted by Gasteiger charge is -2.41. The Balaban J connectivity index is 1.05. The Morgan fingerprint density at radius 2 is 1.71 bits per heavy atom. The Hall–Kier alpha value is -4.24. The van der Waals surface area contributed by atoms with Gasteiger partial charge in [-0.1, -0.05) is 91.5 Å². The number of para-hydroxylation sites is 1. The molecule has 1 aliphatic heterocycles. The van der Waals surface area contributed by atoms with Crippen LogP contribution in [-0.2, 0) is 16.1 Å². The summed E-state index contributed by atoms with van der Waals surface area (Å²) < 4.78 is 2.23. The minimum atomic E-state index is -0.146. The number of carbonyl (C=O) groups is 2. The largest absolute Gasteiger partial charge is 0.339 e. The minimum Gasteiger partial charge on any atom is -0.339 e. The van der Waals surface area contributed by atoms with Crippen LogP contribution in [0.15, 0.2) is 84.0 Å². The molecule has 232 valence electrons. The van der Waals surface area contributed by atoms with Crippen LogP contribution in [0.3, 0.4) is 0 Å². The van der Waals surface area contributed by atoms with E-state index >= 15 is 0 Å². The highest BCUT2D eigenvalue weighted by molar-refractivity contribution is 7.99. The van der Waals surface area contributed by atoms with E-state index in [0.717, 1.165) is 46.2 Å². The van der Waals surface area contributed by atoms with Gasteiger partial charge in [0.25, 0.3) is 0 Å². The van der Waals surface area contributed by atoms with Crippen molar-refractivity contribution in [2.75, 3.05) is 25.4 Å². The van der Waals surface area contributed by atoms with Gasteiger partial charge in [0.1, 0.15) is 5.52 Å². The second-order valence-electron chi connectivity index (χ2n) is 11.8. The molecule has 6 rings (SSSR count). The van der Waals surface area contributed by atoms with Crippen molar-refractivity contribution in [3.05, 3.63) is 95.6 Å². The summed E-state index contributed by atoms with van der Waals surface area (Å²) in [6.07, 6.45) is 1.93. The predicted molar refractivity (Wildman–Crippen MR) is 180 cm³/mol. The van der Waals surface area contributed by atoms with Gasteiger partial charge in [-0.05, 0) is 49.4 Å². The monoisotopic (exact) mass is 620 g/mol. The Labute approximate surface area is 268 Å². The van der Waals surface area contributed by atoms with E-state index < -0.39 is 0 Å². The van der Waals surface area contributed by atoms with Crippen LogP contribution in [0.2, 0.25) is 0 Å². The first-order chi connectivity index (χ1) is 21.9. The quantitative estimate of drug-likeness (QED) is 0.132. The number of aryl methyl sites for hydroxylation is 1. The number of thioether (sulfide) groups is 1. The van der Waals surface area contributed by atoms with Gasteiger partial charge >= 0.3 is 0 Å². The van der Waals surface area contributed by atoms with Crippen LogP contribution in [-0.4, -0.2) is 72.8 Å². The zero-order valence-electron chi connectivity index (χ0n) is 26.2. The van der Waals surface area contributed by atoms with E-state index in [1.165, 1.54) is 22.9 Å². The van der Waals surface area contributed by atoms with Gasteiger partial charge in [-0.15, -0.1) is 10.2 Å². The molecule has 0 bridgehead atoms. The summed E-state index contributed by atoms with van der Waals surface area (Å²) in [4.78, 5) is 35.4. The smallest absolute Gasteiger partial charge is 0.230 e. The van der Waals surface area contributed by atoms with Gasteiger partial charge in [-0.3, -0.25) is 9.59 Å². The topological polar surface area (TPSA) is 84.2 Å². The molecule has 0 aliphatic carbocycles. The fraction of sp³-hybridized carbons (Fsp3) is 0.361. The number of aromatic nitrogens is 4. The summed E-state index contributed by atoms with van der Waals surface area (Å²) in [6, 6.07) is 26.6. The summed E-state index contributed by atoms with van der Waals surface area (Å²) in [7, 11) is 0. The predicted octanol–water partition coefficient (Wildman–Crippen LogP) is 6.46. The van der Waals surface area contributed by atoms with Crippen LogP contribution < -0.4 is 0 Å². The fourth-order valence-electron chi connectivity index (χ4n) is 6.36. The molecule has 5 aromatic rings. The van der Waals surface area contributed by atoms with Crippen molar-refractivity contribution in [1.29, 1.82) is 0 Å². The van der Waals surface area contributed by atoms with Crippen molar-refractivity contribution < 1.29 is 9.59 Å². The van der Waals surface area contributed by atoms with E-state index in [9.17, 15) is 9.59 Å². The van der Waals surface area contributed by atoms with Gasteiger partial charge in [-0.2, -0.15) is 0 Å². The summed E-state index contributed by atoms with van der Waals surface area (Å²) >= 11 is 1.54. The lowest BCUT2D eigenvalue weighted by atomic mass is 9.94. The average molecular weight is 621 g/mol. The zero-order chi connectivity index (χ0) is 31.3. The van der Waals surface area contributed by atoms with Crippen molar-refractivity contribution in [3.63, 3.8) is 0 Å². The lowest BCUT2D eigenvalue weighted by molar-refractivity contribution is -0.143. The number of amides is 2. The second kappa shape index (κ2) is 13.8. The van der Waals surface area contributed by atoms with Gasteiger partial charge in [0, 0.05) is 49.8 Å². The Morgan fingerprint density at radius 1 is 0.956 bits per heavy atom. The molecule has 0 N–H and O–H groups in total. The second-order valence-corrected chi connectivity index (χ2v) is 12.9. The number of nitrogens with zero attached hydrogens (tertiary/aromatic N) is 6. The summed E-state index contributed by atoms with van der Waals surface area (Å²) in [5.74, 6) is 0.869. The number of carbonyl (C=O) groups excluding carboxylic acids is 2. The molecule has 0 saturated carbocycles. The third kappa shape index (κ3) is 6.59. The van der Waals surface area contributed by atoms with Crippen LogP contribution in [0.1, 0.15) is 55.7 Å². The Morgan fingerprint density at radius 3 is 2.49 bits per heavy atom. The van der Waals surface area contributed by atoms with Gasteiger partial charge in [0.2, 0.25) is 17.0 Å². The molecular formula is C36H40N6O2S. The average Bonchev–Trinajstić information content (AvgIpc) is 3.37. The molecule has 1 aliphatic rings. The third-order valence-electron chi connectivity index (χ3n) is 8.88. The highest BCUT2D eigenvalue weighted by Crippen LogP contribution is 2.29. The van der Waals surface area contributed by atoms with Crippen LogP contribution in [0.4, 0.5) is 0 Å². The molecule has 0 radical (unpaired) electrons. The third-order valence-corrected chi connectivity index (χ3v) is 9.81. The van der Waals surface area contributed by atoms with Gasteiger partial charge in [0.15, 0.2) is 5.65 Å². The van der Waals surface area contributed by atoms with E-state index in [2.05, 4.69) is 65.0 Å². The van der Waals surface area contributed by atoms with E-state index in [1.54, 1.807) is 0 Å². The van der Waals surface area contributed by atoms with Crippen LogP contribution >= 0.6 is 11.8 Å². The molecule has 2 aromatic heterocycles. The molecule has 1 fully saturated rings. The van der Waals surface area contributed by atoms with E-state index in [-0.39, 0.29) is 23.8 Å². The first kappa shape index (κ1) is 30.8.